The van der Waals surface area contributed by atoms with E-state index in [1.807, 2.05) is 11.0 Å². The van der Waals surface area contributed by atoms with Gasteiger partial charge in [-0.1, -0.05) is 13.0 Å². The number of nitrogens with two attached hydrogens (primary N) is 1. The molecule has 32 heavy (non-hydrogen) atoms. The van der Waals surface area contributed by atoms with Crippen LogP contribution in [0, 0.1) is 5.92 Å². The molecule has 9 heteroatoms. The van der Waals surface area contributed by atoms with Gasteiger partial charge in [-0.05, 0) is 64.2 Å². The van der Waals surface area contributed by atoms with Crippen molar-refractivity contribution in [3.63, 3.8) is 0 Å². The highest BCUT2D eigenvalue weighted by molar-refractivity contribution is 7.91. The molecular weight excluding hydrogens is 426 g/mol. The SMILES string of the molecule is CC1CN(c2nccc(S(=O)(=O)c3cccc(N4CCCC4C)n3)c2C(N)=O)C(C)(C)C1. The third-order valence-electron chi connectivity index (χ3n) is 6.59. The van der Waals surface area contributed by atoms with Crippen LogP contribution in [-0.2, 0) is 9.84 Å². The van der Waals surface area contributed by atoms with Crippen molar-refractivity contribution in [2.24, 2.45) is 11.7 Å². The van der Waals surface area contributed by atoms with E-state index in [0.29, 0.717) is 30.1 Å². The highest BCUT2D eigenvalue weighted by Gasteiger charge is 2.40. The van der Waals surface area contributed by atoms with Gasteiger partial charge in [-0.3, -0.25) is 4.79 Å². The molecule has 2 aromatic heterocycles. The number of amides is 1. The van der Waals surface area contributed by atoms with Gasteiger partial charge >= 0.3 is 0 Å². The van der Waals surface area contributed by atoms with Crippen LogP contribution >= 0.6 is 0 Å². The fourth-order valence-electron chi connectivity index (χ4n) is 5.15. The topological polar surface area (TPSA) is 109 Å². The summed E-state index contributed by atoms with van der Waals surface area (Å²) in [4.78, 5) is 25.4. The second-order valence-electron chi connectivity index (χ2n) is 9.63. The van der Waals surface area contributed by atoms with Crippen LogP contribution in [0.4, 0.5) is 11.6 Å². The normalized spacial score (nSPS) is 23.0. The van der Waals surface area contributed by atoms with Gasteiger partial charge in [-0.2, -0.15) is 0 Å². The van der Waals surface area contributed by atoms with E-state index in [4.69, 9.17) is 5.73 Å². The lowest BCUT2D eigenvalue weighted by Crippen LogP contribution is -2.40. The van der Waals surface area contributed by atoms with Gasteiger partial charge in [0.25, 0.3) is 5.91 Å². The summed E-state index contributed by atoms with van der Waals surface area (Å²) in [6, 6.07) is 6.62. The second kappa shape index (κ2) is 8.03. The van der Waals surface area contributed by atoms with E-state index in [-0.39, 0.29) is 21.0 Å². The number of carbonyl (C=O) groups is 1. The van der Waals surface area contributed by atoms with Crippen LogP contribution in [0.15, 0.2) is 40.4 Å². The number of sulfone groups is 1. The fraction of sp³-hybridized carbons (Fsp3) is 0.522. The van der Waals surface area contributed by atoms with Crippen LogP contribution in [0.1, 0.15) is 57.3 Å². The zero-order chi connectivity index (χ0) is 23.3. The number of anilines is 2. The maximum Gasteiger partial charge on any atom is 0.253 e. The molecule has 2 aromatic rings. The molecule has 172 valence electrons. The molecule has 4 rings (SSSR count). The van der Waals surface area contributed by atoms with Crippen molar-refractivity contribution in [3.8, 4) is 0 Å². The molecule has 8 nitrogen and oxygen atoms in total. The maximum atomic E-state index is 13.7. The Bertz CT molecular complexity index is 1150. The average Bonchev–Trinajstić information content (AvgIpc) is 3.28. The molecule has 2 aliphatic heterocycles. The Balaban J connectivity index is 1.82. The molecule has 0 radical (unpaired) electrons. The van der Waals surface area contributed by atoms with E-state index in [0.717, 1.165) is 25.8 Å². The standard InChI is InChI=1S/C23H31N5O3S/c1-15-13-23(3,4)28(14-15)22-20(21(24)29)17(10-11-25-22)32(30,31)19-9-5-8-18(26-19)27-12-6-7-16(27)2/h5,8-11,15-16H,6-7,12-14H2,1-4H3,(H2,24,29). The number of aromatic nitrogens is 2. The smallest absolute Gasteiger partial charge is 0.253 e. The third kappa shape index (κ3) is 3.83. The molecule has 0 aliphatic carbocycles. The minimum absolute atomic E-state index is 0.0728. The van der Waals surface area contributed by atoms with Gasteiger partial charge in [0.15, 0.2) is 5.03 Å². The molecule has 2 unspecified atom stereocenters. The Morgan fingerprint density at radius 2 is 1.97 bits per heavy atom. The third-order valence-corrected chi connectivity index (χ3v) is 8.29. The van der Waals surface area contributed by atoms with E-state index in [2.05, 4.69) is 42.6 Å². The second-order valence-corrected chi connectivity index (χ2v) is 11.5. The number of pyridine rings is 2. The van der Waals surface area contributed by atoms with Crippen molar-refractivity contribution < 1.29 is 13.2 Å². The lowest BCUT2D eigenvalue weighted by molar-refractivity contribution is 0.0997. The molecule has 2 atom stereocenters. The van der Waals surface area contributed by atoms with Crippen LogP contribution in [0.3, 0.4) is 0 Å². The zero-order valence-corrected chi connectivity index (χ0v) is 19.9. The Morgan fingerprint density at radius 1 is 1.22 bits per heavy atom. The van der Waals surface area contributed by atoms with Gasteiger partial charge in [0.1, 0.15) is 17.2 Å². The first kappa shape index (κ1) is 22.5. The summed E-state index contributed by atoms with van der Waals surface area (Å²) >= 11 is 0. The van der Waals surface area contributed by atoms with E-state index < -0.39 is 15.7 Å². The molecule has 0 saturated carbocycles. The predicted octanol–water partition coefficient (Wildman–Crippen LogP) is 3.02. The first-order valence-corrected chi connectivity index (χ1v) is 12.6. The molecule has 2 aliphatic rings. The van der Waals surface area contributed by atoms with Crippen molar-refractivity contribution in [1.82, 2.24) is 9.97 Å². The lowest BCUT2D eigenvalue weighted by atomic mass is 9.97. The highest BCUT2D eigenvalue weighted by atomic mass is 32.2. The van der Waals surface area contributed by atoms with Crippen molar-refractivity contribution >= 4 is 27.4 Å². The molecular formula is C23H31N5O3S. The fourth-order valence-corrected chi connectivity index (χ4v) is 6.55. The Hall–Kier alpha value is -2.68. The zero-order valence-electron chi connectivity index (χ0n) is 19.1. The molecule has 0 aromatic carbocycles. The van der Waals surface area contributed by atoms with Crippen LogP contribution in [-0.4, -0.2) is 49.0 Å². The summed E-state index contributed by atoms with van der Waals surface area (Å²) in [5.41, 5.74) is 5.38. The Kier molecular flexibility index (Phi) is 5.65. The van der Waals surface area contributed by atoms with E-state index in [1.54, 1.807) is 6.07 Å². The largest absolute Gasteiger partial charge is 0.365 e. The number of hydrogen-bond donors (Lipinski definition) is 1. The minimum Gasteiger partial charge on any atom is -0.365 e. The molecule has 2 fully saturated rings. The predicted molar refractivity (Wildman–Crippen MR) is 124 cm³/mol. The van der Waals surface area contributed by atoms with Crippen LogP contribution in [0.25, 0.3) is 0 Å². The first-order valence-electron chi connectivity index (χ1n) is 11.1. The van der Waals surface area contributed by atoms with Gasteiger partial charge < -0.3 is 15.5 Å². The average molecular weight is 458 g/mol. The van der Waals surface area contributed by atoms with Crippen molar-refractivity contribution in [2.45, 2.75) is 68.5 Å². The van der Waals surface area contributed by atoms with Crippen molar-refractivity contribution in [3.05, 3.63) is 36.0 Å². The highest BCUT2D eigenvalue weighted by Crippen LogP contribution is 2.39. The van der Waals surface area contributed by atoms with Gasteiger partial charge in [0.2, 0.25) is 9.84 Å². The van der Waals surface area contributed by atoms with Crippen LogP contribution < -0.4 is 15.5 Å². The van der Waals surface area contributed by atoms with Crippen molar-refractivity contribution in [1.29, 1.82) is 0 Å². The molecule has 1 amide bonds. The van der Waals surface area contributed by atoms with E-state index in [1.165, 1.54) is 18.3 Å². The van der Waals surface area contributed by atoms with Crippen molar-refractivity contribution in [2.75, 3.05) is 22.9 Å². The summed E-state index contributed by atoms with van der Waals surface area (Å²) in [5.74, 6) is 0.512. The minimum atomic E-state index is -4.09. The Morgan fingerprint density at radius 3 is 2.56 bits per heavy atom. The number of nitrogens with zero attached hydrogens (tertiary/aromatic N) is 4. The molecule has 2 saturated heterocycles. The number of rotatable bonds is 5. The molecule has 0 spiro atoms. The summed E-state index contributed by atoms with van der Waals surface area (Å²) in [7, 11) is -4.09. The first-order chi connectivity index (χ1) is 15.0. The monoisotopic (exact) mass is 457 g/mol. The van der Waals surface area contributed by atoms with E-state index in [9.17, 15) is 13.2 Å². The number of carbonyl (C=O) groups excluding carboxylic acids is 1. The van der Waals surface area contributed by atoms with Gasteiger partial charge in [0.05, 0.1) is 4.90 Å². The molecule has 0 bridgehead atoms. The molecule has 2 N–H and O–H groups in total. The van der Waals surface area contributed by atoms with Gasteiger partial charge in [-0.25, -0.2) is 18.4 Å². The summed E-state index contributed by atoms with van der Waals surface area (Å²) in [6.07, 6.45) is 4.42. The molecule has 4 heterocycles. The van der Waals surface area contributed by atoms with E-state index >= 15 is 0 Å². The number of primary amides is 1. The summed E-state index contributed by atoms with van der Waals surface area (Å²) in [5, 5.41) is -0.0946. The number of hydrogen-bond acceptors (Lipinski definition) is 7. The quantitative estimate of drug-likeness (QED) is 0.735. The van der Waals surface area contributed by atoms with Gasteiger partial charge in [-0.15, -0.1) is 0 Å². The van der Waals surface area contributed by atoms with Gasteiger partial charge in [0, 0.05) is 30.9 Å². The summed E-state index contributed by atoms with van der Waals surface area (Å²) in [6.45, 7) is 9.87. The lowest BCUT2D eigenvalue weighted by Gasteiger charge is -2.33. The Labute approximate surface area is 189 Å². The van der Waals surface area contributed by atoms with Crippen LogP contribution in [0.5, 0.6) is 0 Å². The summed E-state index contributed by atoms with van der Waals surface area (Å²) < 4.78 is 27.3. The van der Waals surface area contributed by atoms with Crippen LogP contribution in [0.2, 0.25) is 0 Å². The maximum absolute atomic E-state index is 13.7.